The van der Waals surface area contributed by atoms with Crippen LogP contribution in [0, 0.1) is 0 Å². The van der Waals surface area contributed by atoms with E-state index in [-0.39, 0.29) is 5.91 Å². The largest absolute Gasteiger partial charge is 0.465 e. The van der Waals surface area contributed by atoms with Crippen molar-refractivity contribution in [1.29, 1.82) is 0 Å². The molecule has 102 valence electrons. The van der Waals surface area contributed by atoms with Crippen LogP contribution >= 0.6 is 11.6 Å². The van der Waals surface area contributed by atoms with Crippen molar-refractivity contribution in [1.82, 2.24) is 0 Å². The smallest absolute Gasteiger partial charge is 0.337 e. The Hall–Kier alpha value is -2.33. The zero-order valence-electron chi connectivity index (χ0n) is 10.7. The van der Waals surface area contributed by atoms with Crippen molar-refractivity contribution >= 4 is 29.2 Å². The van der Waals surface area contributed by atoms with Crippen molar-refractivity contribution in [3.63, 3.8) is 0 Å². The maximum absolute atomic E-state index is 12.0. The van der Waals surface area contributed by atoms with E-state index in [1.165, 1.54) is 7.11 Å². The molecule has 20 heavy (non-hydrogen) atoms. The van der Waals surface area contributed by atoms with E-state index in [1.807, 2.05) is 0 Å². The number of carbonyl (C=O) groups is 2. The SMILES string of the molecule is COC(=O)c1ccc(NC(=O)c2cccc(Cl)c2)cc1. The van der Waals surface area contributed by atoms with E-state index in [1.54, 1.807) is 48.5 Å². The predicted molar refractivity (Wildman–Crippen MR) is 77.2 cm³/mol. The van der Waals surface area contributed by atoms with Crippen LogP contribution in [0.25, 0.3) is 0 Å². The molecule has 2 aromatic carbocycles. The molecule has 0 fully saturated rings. The standard InChI is InChI=1S/C15H12ClNO3/c1-20-15(19)10-5-7-13(8-6-10)17-14(18)11-3-2-4-12(16)9-11/h2-9H,1H3,(H,17,18). The summed E-state index contributed by atoms with van der Waals surface area (Å²) < 4.78 is 4.60. The summed E-state index contributed by atoms with van der Waals surface area (Å²) >= 11 is 5.83. The van der Waals surface area contributed by atoms with Crippen LogP contribution < -0.4 is 5.32 Å². The van der Waals surface area contributed by atoms with E-state index in [9.17, 15) is 9.59 Å². The van der Waals surface area contributed by atoms with Crippen molar-refractivity contribution in [2.75, 3.05) is 12.4 Å². The number of methoxy groups -OCH3 is 1. The number of ether oxygens (including phenoxy) is 1. The first-order valence-corrected chi connectivity index (χ1v) is 6.23. The van der Waals surface area contributed by atoms with E-state index >= 15 is 0 Å². The highest BCUT2D eigenvalue weighted by atomic mass is 35.5. The van der Waals surface area contributed by atoms with Gasteiger partial charge >= 0.3 is 5.97 Å². The Morgan fingerprint density at radius 3 is 2.35 bits per heavy atom. The van der Waals surface area contributed by atoms with Crippen LogP contribution in [0.4, 0.5) is 5.69 Å². The van der Waals surface area contributed by atoms with Gasteiger partial charge in [0.05, 0.1) is 12.7 Å². The molecule has 5 heteroatoms. The fourth-order valence-electron chi connectivity index (χ4n) is 1.64. The Balaban J connectivity index is 2.10. The lowest BCUT2D eigenvalue weighted by Gasteiger charge is -2.06. The monoisotopic (exact) mass is 289 g/mol. The summed E-state index contributed by atoms with van der Waals surface area (Å²) in [6.07, 6.45) is 0. The number of hydrogen-bond donors (Lipinski definition) is 1. The van der Waals surface area contributed by atoms with Crippen molar-refractivity contribution in [2.24, 2.45) is 0 Å². The average molecular weight is 290 g/mol. The van der Waals surface area contributed by atoms with Crippen molar-refractivity contribution in [2.45, 2.75) is 0 Å². The van der Waals surface area contributed by atoms with Gasteiger partial charge in [-0.05, 0) is 42.5 Å². The van der Waals surface area contributed by atoms with Crippen molar-refractivity contribution in [3.05, 3.63) is 64.7 Å². The predicted octanol–water partition coefficient (Wildman–Crippen LogP) is 3.38. The number of anilines is 1. The number of rotatable bonds is 3. The zero-order valence-corrected chi connectivity index (χ0v) is 11.5. The fraction of sp³-hybridized carbons (Fsp3) is 0.0667. The first kappa shape index (κ1) is 14.1. The lowest BCUT2D eigenvalue weighted by atomic mass is 10.2. The van der Waals surface area contributed by atoms with Gasteiger partial charge in [0.1, 0.15) is 0 Å². The van der Waals surface area contributed by atoms with Crippen LogP contribution in [0.3, 0.4) is 0 Å². The van der Waals surface area contributed by atoms with Crippen molar-refractivity contribution < 1.29 is 14.3 Å². The fourth-order valence-corrected chi connectivity index (χ4v) is 1.83. The molecule has 2 rings (SSSR count). The molecule has 1 amide bonds. The number of carbonyl (C=O) groups excluding carboxylic acids is 2. The summed E-state index contributed by atoms with van der Waals surface area (Å²) in [5.41, 5.74) is 1.48. The molecule has 0 radical (unpaired) electrons. The second-order valence-electron chi connectivity index (χ2n) is 4.03. The summed E-state index contributed by atoms with van der Waals surface area (Å²) in [5, 5.41) is 3.22. The maximum Gasteiger partial charge on any atom is 0.337 e. The number of halogens is 1. The molecule has 0 bridgehead atoms. The van der Waals surface area contributed by atoms with Crippen LogP contribution in [-0.4, -0.2) is 19.0 Å². The summed E-state index contributed by atoms with van der Waals surface area (Å²) in [6, 6.07) is 13.1. The minimum atomic E-state index is -0.419. The van der Waals surface area contributed by atoms with E-state index in [2.05, 4.69) is 10.1 Å². The number of benzene rings is 2. The summed E-state index contributed by atoms with van der Waals surface area (Å²) in [5.74, 6) is -0.684. The molecule has 0 spiro atoms. The van der Waals surface area contributed by atoms with Crippen LogP contribution in [0.1, 0.15) is 20.7 Å². The van der Waals surface area contributed by atoms with Gasteiger partial charge in [0.2, 0.25) is 0 Å². The molecule has 0 atom stereocenters. The third kappa shape index (κ3) is 3.36. The first-order valence-electron chi connectivity index (χ1n) is 5.85. The van der Waals surface area contributed by atoms with Crippen LogP contribution in [0.2, 0.25) is 5.02 Å². The molecule has 0 aromatic heterocycles. The molecule has 0 aliphatic carbocycles. The van der Waals surface area contributed by atoms with E-state index in [0.29, 0.717) is 21.8 Å². The Labute approximate surface area is 121 Å². The van der Waals surface area contributed by atoms with E-state index in [4.69, 9.17) is 11.6 Å². The second kappa shape index (κ2) is 6.21. The Morgan fingerprint density at radius 1 is 1.05 bits per heavy atom. The highest BCUT2D eigenvalue weighted by Gasteiger charge is 2.08. The number of amides is 1. The zero-order chi connectivity index (χ0) is 14.5. The van der Waals surface area contributed by atoms with Gasteiger partial charge in [0.25, 0.3) is 5.91 Å². The van der Waals surface area contributed by atoms with E-state index < -0.39 is 5.97 Å². The van der Waals surface area contributed by atoms with Gasteiger partial charge < -0.3 is 10.1 Å². The second-order valence-corrected chi connectivity index (χ2v) is 4.47. The Morgan fingerprint density at radius 2 is 1.75 bits per heavy atom. The lowest BCUT2D eigenvalue weighted by Crippen LogP contribution is -2.12. The Kier molecular flexibility index (Phi) is 4.38. The molecule has 0 unspecified atom stereocenters. The van der Waals surface area contributed by atoms with Crippen LogP contribution in [0.5, 0.6) is 0 Å². The minimum absolute atomic E-state index is 0.265. The molecular weight excluding hydrogens is 278 g/mol. The molecule has 0 aliphatic rings. The van der Waals surface area contributed by atoms with Gasteiger partial charge in [0, 0.05) is 16.3 Å². The molecule has 4 nitrogen and oxygen atoms in total. The third-order valence-electron chi connectivity index (χ3n) is 2.65. The summed E-state index contributed by atoms with van der Waals surface area (Å²) in [4.78, 5) is 23.3. The molecule has 0 saturated carbocycles. The molecule has 0 saturated heterocycles. The highest BCUT2D eigenvalue weighted by molar-refractivity contribution is 6.31. The summed E-state index contributed by atoms with van der Waals surface area (Å²) in [7, 11) is 1.32. The van der Waals surface area contributed by atoms with Gasteiger partial charge in [-0.1, -0.05) is 17.7 Å². The maximum atomic E-state index is 12.0. The molecule has 0 heterocycles. The summed E-state index contributed by atoms with van der Waals surface area (Å²) in [6.45, 7) is 0. The van der Waals surface area contributed by atoms with Gasteiger partial charge in [-0.15, -0.1) is 0 Å². The topological polar surface area (TPSA) is 55.4 Å². The number of hydrogen-bond acceptors (Lipinski definition) is 3. The highest BCUT2D eigenvalue weighted by Crippen LogP contribution is 2.14. The van der Waals surface area contributed by atoms with E-state index in [0.717, 1.165) is 0 Å². The molecule has 2 aromatic rings. The Bertz CT molecular complexity index is 638. The quantitative estimate of drug-likeness (QED) is 0.881. The lowest BCUT2D eigenvalue weighted by molar-refractivity contribution is 0.0600. The van der Waals surface area contributed by atoms with Gasteiger partial charge in [-0.3, -0.25) is 4.79 Å². The average Bonchev–Trinajstić information content (AvgIpc) is 2.47. The molecule has 0 aliphatic heterocycles. The third-order valence-corrected chi connectivity index (χ3v) is 2.89. The normalized spacial score (nSPS) is 9.90. The van der Waals surface area contributed by atoms with Crippen molar-refractivity contribution in [3.8, 4) is 0 Å². The molecular formula is C15H12ClNO3. The van der Waals surface area contributed by atoms with Gasteiger partial charge in [0.15, 0.2) is 0 Å². The first-order chi connectivity index (χ1) is 9.60. The molecule has 1 N–H and O–H groups in total. The van der Waals surface area contributed by atoms with Crippen LogP contribution in [0.15, 0.2) is 48.5 Å². The van der Waals surface area contributed by atoms with Crippen LogP contribution in [-0.2, 0) is 4.74 Å². The number of esters is 1. The number of nitrogens with one attached hydrogen (secondary N) is 1. The van der Waals surface area contributed by atoms with Gasteiger partial charge in [-0.25, -0.2) is 4.79 Å². The van der Waals surface area contributed by atoms with Gasteiger partial charge in [-0.2, -0.15) is 0 Å². The minimum Gasteiger partial charge on any atom is -0.465 e.